The highest BCUT2D eigenvalue weighted by atomic mass is 19.1. The second-order valence-electron chi connectivity index (χ2n) is 6.34. The van der Waals surface area contributed by atoms with E-state index in [0.717, 1.165) is 5.56 Å². The van der Waals surface area contributed by atoms with Gasteiger partial charge < -0.3 is 14.5 Å². The first-order chi connectivity index (χ1) is 12.0. The summed E-state index contributed by atoms with van der Waals surface area (Å²) in [5.41, 5.74) is 1.69. The van der Waals surface area contributed by atoms with Crippen LogP contribution >= 0.6 is 0 Å². The molecular formula is C20H23FN2O2. The van der Waals surface area contributed by atoms with Gasteiger partial charge in [0.2, 0.25) is 0 Å². The number of rotatable bonds is 4. The van der Waals surface area contributed by atoms with Gasteiger partial charge in [0.1, 0.15) is 11.6 Å². The van der Waals surface area contributed by atoms with E-state index in [2.05, 4.69) is 0 Å². The van der Waals surface area contributed by atoms with Crippen LogP contribution in [0.5, 0.6) is 5.75 Å². The minimum absolute atomic E-state index is 0.0327. The Balaban J connectivity index is 1.57. The number of nitrogens with zero attached hydrogens (tertiary/aromatic N) is 2. The Bertz CT molecular complexity index is 742. The molecule has 2 aromatic carbocycles. The molecule has 1 aliphatic rings. The summed E-state index contributed by atoms with van der Waals surface area (Å²) in [6.45, 7) is 6.12. The summed E-state index contributed by atoms with van der Waals surface area (Å²) in [7, 11) is 0. The molecule has 0 radical (unpaired) electrons. The largest absolute Gasteiger partial charge is 0.481 e. The lowest BCUT2D eigenvalue weighted by Gasteiger charge is -2.37. The normalized spacial score (nSPS) is 15.8. The van der Waals surface area contributed by atoms with E-state index in [1.165, 1.54) is 6.07 Å². The van der Waals surface area contributed by atoms with Crippen molar-refractivity contribution in [3.8, 4) is 5.75 Å². The maximum Gasteiger partial charge on any atom is 0.263 e. The predicted molar refractivity (Wildman–Crippen MR) is 96.5 cm³/mol. The minimum atomic E-state index is -0.540. The third-order valence-corrected chi connectivity index (χ3v) is 4.43. The number of amides is 1. The fraction of sp³-hybridized carbons (Fsp3) is 0.350. The standard InChI is InChI=1S/C20H23FN2O2/c1-15-6-5-7-17(14-15)25-16(2)20(24)23-12-10-22(11-13-23)19-9-4-3-8-18(19)21/h3-9,14,16H,10-13H2,1-2H3/t16-/m0/s1. The van der Waals surface area contributed by atoms with Crippen LogP contribution in [0, 0.1) is 12.7 Å². The SMILES string of the molecule is Cc1cccc(O[C@@H](C)C(=O)N2CCN(c3ccccc3F)CC2)c1. The fourth-order valence-corrected chi connectivity index (χ4v) is 3.08. The molecule has 5 heteroatoms. The summed E-state index contributed by atoms with van der Waals surface area (Å²) in [5, 5.41) is 0. The van der Waals surface area contributed by atoms with E-state index in [0.29, 0.717) is 37.6 Å². The average molecular weight is 342 g/mol. The molecule has 1 saturated heterocycles. The lowest BCUT2D eigenvalue weighted by Crippen LogP contribution is -2.52. The number of benzene rings is 2. The van der Waals surface area contributed by atoms with Crippen molar-refractivity contribution in [2.75, 3.05) is 31.1 Å². The molecule has 132 valence electrons. The Morgan fingerprint density at radius 2 is 1.80 bits per heavy atom. The Morgan fingerprint density at radius 1 is 1.08 bits per heavy atom. The van der Waals surface area contributed by atoms with Gasteiger partial charge in [-0.1, -0.05) is 24.3 Å². The van der Waals surface area contributed by atoms with Gasteiger partial charge in [0.05, 0.1) is 5.69 Å². The Morgan fingerprint density at radius 3 is 2.48 bits per heavy atom. The van der Waals surface area contributed by atoms with Gasteiger partial charge >= 0.3 is 0 Å². The molecular weight excluding hydrogens is 319 g/mol. The van der Waals surface area contributed by atoms with Crippen molar-refractivity contribution in [2.24, 2.45) is 0 Å². The molecule has 2 aromatic rings. The van der Waals surface area contributed by atoms with E-state index in [1.54, 1.807) is 24.0 Å². The molecule has 0 N–H and O–H groups in total. The molecule has 0 saturated carbocycles. The molecule has 0 bridgehead atoms. The zero-order valence-electron chi connectivity index (χ0n) is 14.6. The van der Waals surface area contributed by atoms with Gasteiger partial charge in [0.15, 0.2) is 6.10 Å². The molecule has 0 spiro atoms. The van der Waals surface area contributed by atoms with E-state index < -0.39 is 6.10 Å². The van der Waals surface area contributed by atoms with Crippen molar-refractivity contribution >= 4 is 11.6 Å². The van der Waals surface area contributed by atoms with Gasteiger partial charge in [0, 0.05) is 26.2 Å². The Kier molecular flexibility index (Phi) is 5.22. The van der Waals surface area contributed by atoms with Gasteiger partial charge in [-0.25, -0.2) is 4.39 Å². The van der Waals surface area contributed by atoms with E-state index in [-0.39, 0.29) is 11.7 Å². The molecule has 25 heavy (non-hydrogen) atoms. The number of piperazine rings is 1. The number of aryl methyl sites for hydroxylation is 1. The summed E-state index contributed by atoms with van der Waals surface area (Å²) in [6, 6.07) is 14.4. The van der Waals surface area contributed by atoms with Crippen molar-refractivity contribution < 1.29 is 13.9 Å². The monoisotopic (exact) mass is 342 g/mol. The molecule has 0 unspecified atom stereocenters. The quantitative estimate of drug-likeness (QED) is 0.855. The predicted octanol–water partition coefficient (Wildman–Crippen LogP) is 3.25. The van der Waals surface area contributed by atoms with Crippen LogP contribution in [0.4, 0.5) is 10.1 Å². The number of hydrogen-bond donors (Lipinski definition) is 0. The van der Waals surface area contributed by atoms with Crippen LogP contribution in [0.15, 0.2) is 48.5 Å². The van der Waals surface area contributed by atoms with E-state index in [9.17, 15) is 9.18 Å². The van der Waals surface area contributed by atoms with Gasteiger partial charge in [-0.3, -0.25) is 4.79 Å². The highest BCUT2D eigenvalue weighted by Gasteiger charge is 2.26. The summed E-state index contributed by atoms with van der Waals surface area (Å²) in [5.74, 6) is 0.443. The topological polar surface area (TPSA) is 32.8 Å². The smallest absolute Gasteiger partial charge is 0.263 e. The number of halogens is 1. The first-order valence-corrected chi connectivity index (χ1v) is 8.56. The van der Waals surface area contributed by atoms with Crippen molar-refractivity contribution in [3.63, 3.8) is 0 Å². The van der Waals surface area contributed by atoms with Crippen molar-refractivity contribution in [1.29, 1.82) is 0 Å². The first-order valence-electron chi connectivity index (χ1n) is 8.56. The van der Waals surface area contributed by atoms with Gasteiger partial charge in [-0.05, 0) is 43.7 Å². The minimum Gasteiger partial charge on any atom is -0.481 e. The molecule has 3 rings (SSSR count). The Hall–Kier alpha value is -2.56. The number of carbonyl (C=O) groups excluding carboxylic acids is 1. The van der Waals surface area contributed by atoms with Crippen molar-refractivity contribution in [3.05, 3.63) is 59.9 Å². The van der Waals surface area contributed by atoms with Crippen LogP contribution in [0.25, 0.3) is 0 Å². The van der Waals surface area contributed by atoms with Crippen LogP contribution in [-0.4, -0.2) is 43.1 Å². The molecule has 0 aromatic heterocycles. The number of carbonyl (C=O) groups is 1. The third-order valence-electron chi connectivity index (χ3n) is 4.43. The molecule has 1 amide bonds. The fourth-order valence-electron chi connectivity index (χ4n) is 3.08. The number of para-hydroxylation sites is 1. The lowest BCUT2D eigenvalue weighted by atomic mass is 10.2. The van der Waals surface area contributed by atoms with E-state index >= 15 is 0 Å². The third kappa shape index (κ3) is 4.10. The zero-order chi connectivity index (χ0) is 17.8. The van der Waals surface area contributed by atoms with Gasteiger partial charge in [0.25, 0.3) is 5.91 Å². The lowest BCUT2D eigenvalue weighted by molar-refractivity contribution is -0.138. The van der Waals surface area contributed by atoms with Crippen LogP contribution < -0.4 is 9.64 Å². The first kappa shape index (κ1) is 17.3. The zero-order valence-corrected chi connectivity index (χ0v) is 14.6. The maximum atomic E-state index is 13.9. The molecule has 4 nitrogen and oxygen atoms in total. The number of hydrogen-bond acceptors (Lipinski definition) is 3. The van der Waals surface area contributed by atoms with Crippen LogP contribution in [0.1, 0.15) is 12.5 Å². The second-order valence-corrected chi connectivity index (χ2v) is 6.34. The summed E-state index contributed by atoms with van der Waals surface area (Å²) < 4.78 is 19.7. The van der Waals surface area contributed by atoms with Crippen LogP contribution in [-0.2, 0) is 4.79 Å². The maximum absolute atomic E-state index is 13.9. The molecule has 1 fully saturated rings. The molecule has 1 heterocycles. The molecule has 1 atom stereocenters. The molecule has 0 aliphatic carbocycles. The molecule has 1 aliphatic heterocycles. The number of ether oxygens (including phenoxy) is 1. The summed E-state index contributed by atoms with van der Waals surface area (Å²) in [6.07, 6.45) is -0.540. The van der Waals surface area contributed by atoms with Gasteiger partial charge in [-0.15, -0.1) is 0 Å². The van der Waals surface area contributed by atoms with Gasteiger partial charge in [-0.2, -0.15) is 0 Å². The van der Waals surface area contributed by atoms with Crippen molar-refractivity contribution in [1.82, 2.24) is 4.90 Å². The number of anilines is 1. The summed E-state index contributed by atoms with van der Waals surface area (Å²) in [4.78, 5) is 16.4. The highest BCUT2D eigenvalue weighted by Crippen LogP contribution is 2.21. The van der Waals surface area contributed by atoms with Crippen LogP contribution in [0.2, 0.25) is 0 Å². The van der Waals surface area contributed by atoms with E-state index in [4.69, 9.17) is 4.74 Å². The second kappa shape index (κ2) is 7.55. The average Bonchev–Trinajstić information content (AvgIpc) is 2.62. The Labute approximate surface area is 147 Å². The summed E-state index contributed by atoms with van der Waals surface area (Å²) >= 11 is 0. The highest BCUT2D eigenvalue weighted by molar-refractivity contribution is 5.81. The van der Waals surface area contributed by atoms with Crippen molar-refractivity contribution in [2.45, 2.75) is 20.0 Å². The van der Waals surface area contributed by atoms with Crippen LogP contribution in [0.3, 0.4) is 0 Å². The van der Waals surface area contributed by atoms with E-state index in [1.807, 2.05) is 42.2 Å².